The molecule has 1 atom stereocenters. The van der Waals surface area contributed by atoms with Crippen LogP contribution in [0.1, 0.15) is 19.8 Å². The van der Waals surface area contributed by atoms with E-state index in [2.05, 4.69) is 8.58 Å². The smallest absolute Gasteiger partial charge is 0.272 e. The maximum absolute atomic E-state index is 10.4. The van der Waals surface area contributed by atoms with Crippen molar-refractivity contribution in [2.75, 3.05) is 6.61 Å². The van der Waals surface area contributed by atoms with Gasteiger partial charge in [0.1, 0.15) is 0 Å². The highest BCUT2D eigenvalue weighted by Gasteiger charge is 1.93. The summed E-state index contributed by atoms with van der Waals surface area (Å²) in [7, 11) is 0. The van der Waals surface area contributed by atoms with E-state index in [1.54, 1.807) is 0 Å². The molecule has 0 aliphatic heterocycles. The SMILES string of the molecule is CCCCOS(=O)N=C=O. The van der Waals surface area contributed by atoms with Crippen LogP contribution in [-0.2, 0) is 20.2 Å². The van der Waals surface area contributed by atoms with Gasteiger partial charge in [0.25, 0.3) is 17.3 Å². The van der Waals surface area contributed by atoms with E-state index in [-0.39, 0.29) is 0 Å². The highest BCUT2D eigenvalue weighted by atomic mass is 32.2. The molecule has 0 rings (SSSR count). The predicted molar refractivity (Wildman–Crippen MR) is 37.1 cm³/mol. The fourth-order valence-corrected chi connectivity index (χ4v) is 0.705. The zero-order chi connectivity index (χ0) is 7.82. The minimum Gasteiger partial charge on any atom is -0.272 e. The summed E-state index contributed by atoms with van der Waals surface area (Å²) >= 11 is -1.82. The van der Waals surface area contributed by atoms with Crippen LogP contribution in [0.5, 0.6) is 0 Å². The number of carbonyl (C=O) groups excluding carboxylic acids is 1. The number of rotatable bonds is 5. The third kappa shape index (κ3) is 5.62. The first-order chi connectivity index (χ1) is 4.81. The largest absolute Gasteiger partial charge is 0.295 e. The summed E-state index contributed by atoms with van der Waals surface area (Å²) in [6.07, 6.45) is 2.92. The highest BCUT2D eigenvalue weighted by molar-refractivity contribution is 7.78. The molecule has 0 amide bonds. The Morgan fingerprint density at radius 3 is 2.90 bits per heavy atom. The number of nitrogens with zero attached hydrogens (tertiary/aromatic N) is 1. The van der Waals surface area contributed by atoms with Gasteiger partial charge in [-0.1, -0.05) is 17.7 Å². The first-order valence-electron chi connectivity index (χ1n) is 2.94. The third-order valence-electron chi connectivity index (χ3n) is 0.794. The molecule has 10 heavy (non-hydrogen) atoms. The Balaban J connectivity index is 3.31. The van der Waals surface area contributed by atoms with Gasteiger partial charge in [0.05, 0.1) is 6.61 Å². The van der Waals surface area contributed by atoms with E-state index in [1.807, 2.05) is 6.92 Å². The molecule has 0 aliphatic carbocycles. The summed E-state index contributed by atoms with van der Waals surface area (Å²) in [6.45, 7) is 2.35. The van der Waals surface area contributed by atoms with E-state index in [4.69, 9.17) is 0 Å². The number of hydrogen-bond acceptors (Lipinski definition) is 3. The molecule has 5 heteroatoms. The molecule has 0 aliphatic rings. The summed E-state index contributed by atoms with van der Waals surface area (Å²) in [5.41, 5.74) is 0. The van der Waals surface area contributed by atoms with Gasteiger partial charge in [0.15, 0.2) is 0 Å². The van der Waals surface area contributed by atoms with Crippen molar-refractivity contribution in [3.63, 3.8) is 0 Å². The lowest BCUT2D eigenvalue weighted by molar-refractivity contribution is 0.339. The van der Waals surface area contributed by atoms with Crippen LogP contribution >= 0.6 is 0 Å². The monoisotopic (exact) mass is 163 g/mol. The molecule has 0 spiro atoms. The van der Waals surface area contributed by atoms with Gasteiger partial charge in [-0.25, -0.2) is 9.00 Å². The van der Waals surface area contributed by atoms with Crippen molar-refractivity contribution in [2.24, 2.45) is 4.40 Å². The Kier molecular flexibility index (Phi) is 6.27. The molecule has 1 unspecified atom stereocenters. The maximum Gasteiger partial charge on any atom is 0.295 e. The van der Waals surface area contributed by atoms with Crippen molar-refractivity contribution in [3.05, 3.63) is 0 Å². The number of hydrogen-bond donors (Lipinski definition) is 0. The van der Waals surface area contributed by atoms with Crippen LogP contribution in [0.4, 0.5) is 0 Å². The Bertz CT molecular complexity index is 153. The van der Waals surface area contributed by atoms with Crippen LogP contribution in [0.25, 0.3) is 0 Å². The molecule has 0 aromatic heterocycles. The van der Waals surface area contributed by atoms with E-state index in [1.165, 1.54) is 0 Å². The van der Waals surface area contributed by atoms with Crippen molar-refractivity contribution in [1.29, 1.82) is 0 Å². The van der Waals surface area contributed by atoms with Crippen molar-refractivity contribution >= 4 is 17.3 Å². The first kappa shape index (κ1) is 9.49. The van der Waals surface area contributed by atoms with Gasteiger partial charge in [0, 0.05) is 0 Å². The van der Waals surface area contributed by atoms with Gasteiger partial charge >= 0.3 is 0 Å². The van der Waals surface area contributed by atoms with E-state index in [0.29, 0.717) is 6.61 Å². The van der Waals surface area contributed by atoms with Crippen LogP contribution in [0.2, 0.25) is 0 Å². The second kappa shape index (κ2) is 6.61. The fraction of sp³-hybridized carbons (Fsp3) is 0.800. The molecular weight excluding hydrogens is 154 g/mol. The first-order valence-corrected chi connectivity index (χ1v) is 3.97. The lowest BCUT2D eigenvalue weighted by atomic mass is 10.4. The zero-order valence-corrected chi connectivity index (χ0v) is 6.52. The number of unbranched alkanes of at least 4 members (excludes halogenated alkanes) is 1. The summed E-state index contributed by atoms with van der Waals surface area (Å²) in [5.74, 6) is 0. The van der Waals surface area contributed by atoms with Gasteiger partial charge < -0.3 is 0 Å². The highest BCUT2D eigenvalue weighted by Crippen LogP contribution is 1.91. The lowest BCUT2D eigenvalue weighted by Crippen LogP contribution is -1.94. The van der Waals surface area contributed by atoms with Crippen molar-refractivity contribution in [2.45, 2.75) is 19.8 Å². The molecule has 0 aromatic rings. The van der Waals surface area contributed by atoms with Crippen molar-refractivity contribution < 1.29 is 13.2 Å². The fourth-order valence-electron chi connectivity index (χ4n) is 0.331. The average molecular weight is 163 g/mol. The van der Waals surface area contributed by atoms with Crippen molar-refractivity contribution in [3.8, 4) is 0 Å². The van der Waals surface area contributed by atoms with Gasteiger partial charge in [-0.05, 0) is 6.42 Å². The van der Waals surface area contributed by atoms with Gasteiger partial charge in [0.2, 0.25) is 0 Å². The molecule has 0 heterocycles. The topological polar surface area (TPSA) is 55.7 Å². The van der Waals surface area contributed by atoms with E-state index < -0.39 is 11.3 Å². The molecule has 0 radical (unpaired) electrons. The maximum atomic E-state index is 10.4. The Morgan fingerprint density at radius 1 is 1.70 bits per heavy atom. The second-order valence-corrected chi connectivity index (χ2v) is 2.43. The van der Waals surface area contributed by atoms with Crippen molar-refractivity contribution in [1.82, 2.24) is 0 Å². The minimum atomic E-state index is -1.82. The van der Waals surface area contributed by atoms with Gasteiger partial charge in [-0.15, -0.1) is 0 Å². The Hall–Kier alpha value is -0.510. The predicted octanol–water partition coefficient (Wildman–Crippen LogP) is 0.718. The second-order valence-electron chi connectivity index (χ2n) is 1.58. The van der Waals surface area contributed by atoms with Gasteiger partial charge in [-0.3, -0.25) is 4.18 Å². The molecular formula is C5H9NO3S. The number of isocyanates is 1. The lowest BCUT2D eigenvalue weighted by Gasteiger charge is -1.93. The molecule has 4 nitrogen and oxygen atoms in total. The normalized spacial score (nSPS) is 12.1. The van der Waals surface area contributed by atoms with Crippen LogP contribution in [0.15, 0.2) is 4.40 Å². The molecule has 0 N–H and O–H groups in total. The Labute approximate surface area is 62.1 Å². The van der Waals surface area contributed by atoms with Crippen LogP contribution in [0, 0.1) is 0 Å². The molecule has 58 valence electrons. The van der Waals surface area contributed by atoms with Crippen LogP contribution in [0.3, 0.4) is 0 Å². The molecule has 0 fully saturated rings. The zero-order valence-electron chi connectivity index (χ0n) is 5.70. The quantitative estimate of drug-likeness (QED) is 0.341. The third-order valence-corrected chi connectivity index (χ3v) is 1.39. The summed E-state index contributed by atoms with van der Waals surface area (Å²) in [4.78, 5) is 9.48. The van der Waals surface area contributed by atoms with Crippen LogP contribution in [-0.4, -0.2) is 16.9 Å². The van der Waals surface area contributed by atoms with Gasteiger partial charge in [-0.2, -0.15) is 0 Å². The van der Waals surface area contributed by atoms with E-state index in [0.717, 1.165) is 18.9 Å². The molecule has 0 bridgehead atoms. The molecule has 0 saturated heterocycles. The van der Waals surface area contributed by atoms with E-state index >= 15 is 0 Å². The Morgan fingerprint density at radius 2 is 2.40 bits per heavy atom. The summed E-state index contributed by atoms with van der Waals surface area (Å²) in [6, 6.07) is 0. The average Bonchev–Trinajstić information content (AvgIpc) is 1.89. The summed E-state index contributed by atoms with van der Waals surface area (Å²) < 4.78 is 17.8. The van der Waals surface area contributed by atoms with Crippen LogP contribution < -0.4 is 0 Å². The summed E-state index contributed by atoms with van der Waals surface area (Å²) in [5, 5.41) is 0. The molecule has 0 saturated carbocycles. The van der Waals surface area contributed by atoms with E-state index in [9.17, 15) is 9.00 Å². The minimum absolute atomic E-state index is 0.369. The standard InChI is InChI=1S/C5H9NO3S/c1-2-3-4-9-10(8)6-5-7/h2-4H2,1H3. The molecule has 0 aromatic carbocycles.